The van der Waals surface area contributed by atoms with Crippen LogP contribution in [0.15, 0.2) is 0 Å². The molecule has 1 rings (SSSR count). The van der Waals surface area contributed by atoms with Crippen LogP contribution in [0.5, 0.6) is 0 Å². The summed E-state index contributed by atoms with van der Waals surface area (Å²) < 4.78 is 0. The maximum absolute atomic E-state index is 2.64. The van der Waals surface area contributed by atoms with Gasteiger partial charge in [0.05, 0.1) is 0 Å². The summed E-state index contributed by atoms with van der Waals surface area (Å²) in [4.78, 5) is 2.64. The quantitative estimate of drug-likeness (QED) is 0.589. The van der Waals surface area contributed by atoms with Crippen LogP contribution in [-0.2, 0) is 0 Å². The molecule has 90 valence electrons. The third-order valence-corrected chi connectivity index (χ3v) is 4.76. The minimum absolute atomic E-state index is 0.317. The highest BCUT2D eigenvalue weighted by molar-refractivity contribution is 5.01. The molecule has 0 aromatic heterocycles. The van der Waals surface area contributed by atoms with Crippen molar-refractivity contribution in [3.8, 4) is 0 Å². The van der Waals surface area contributed by atoms with Crippen LogP contribution < -0.4 is 0 Å². The van der Waals surface area contributed by atoms with Gasteiger partial charge in [-0.2, -0.15) is 0 Å². The van der Waals surface area contributed by atoms with Crippen LogP contribution in [0.1, 0.15) is 55.4 Å². The molecule has 1 nitrogen and oxygen atoms in total. The molecule has 2 atom stereocenters. The lowest BCUT2D eigenvalue weighted by Gasteiger charge is -2.43. The Morgan fingerprint density at radius 1 is 1.07 bits per heavy atom. The second kappa shape index (κ2) is 3.48. The monoisotopic (exact) mass is 211 g/mol. The zero-order chi connectivity index (χ0) is 12.1. The Labute approximate surface area is 96.2 Å². The van der Waals surface area contributed by atoms with Gasteiger partial charge in [0.2, 0.25) is 0 Å². The predicted molar refractivity (Wildman–Crippen MR) is 68.1 cm³/mol. The first-order chi connectivity index (χ1) is 6.48. The molecular weight excluding hydrogens is 182 g/mol. The van der Waals surface area contributed by atoms with Crippen molar-refractivity contribution in [1.29, 1.82) is 0 Å². The second-order valence-corrected chi connectivity index (χ2v) is 7.62. The third kappa shape index (κ3) is 2.22. The molecule has 0 spiro atoms. The van der Waals surface area contributed by atoms with Crippen molar-refractivity contribution < 1.29 is 0 Å². The summed E-state index contributed by atoms with van der Waals surface area (Å²) in [6, 6.07) is 0. The zero-order valence-corrected chi connectivity index (χ0v) is 11.9. The fourth-order valence-electron chi connectivity index (χ4n) is 2.64. The Balaban J connectivity index is 2.90. The normalized spacial score (nSPS) is 34.8. The molecule has 1 heteroatoms. The van der Waals surface area contributed by atoms with Gasteiger partial charge in [-0.05, 0) is 37.5 Å². The van der Waals surface area contributed by atoms with Crippen LogP contribution in [0, 0.1) is 16.7 Å². The van der Waals surface area contributed by atoms with Crippen molar-refractivity contribution in [2.75, 3.05) is 13.1 Å². The van der Waals surface area contributed by atoms with E-state index in [0.717, 1.165) is 5.92 Å². The van der Waals surface area contributed by atoms with Crippen molar-refractivity contribution in [3.63, 3.8) is 0 Å². The molecule has 0 radical (unpaired) electrons. The van der Waals surface area contributed by atoms with Gasteiger partial charge in [0.25, 0.3) is 0 Å². The smallest absolute Gasteiger partial charge is 0.0125 e. The van der Waals surface area contributed by atoms with E-state index in [4.69, 9.17) is 0 Å². The fraction of sp³-hybridized carbons (Fsp3) is 1.00. The van der Waals surface area contributed by atoms with Gasteiger partial charge < -0.3 is 0 Å². The molecule has 0 amide bonds. The Bertz CT molecular complexity index is 231. The Morgan fingerprint density at radius 3 is 1.73 bits per heavy atom. The van der Waals surface area contributed by atoms with Gasteiger partial charge in [-0.1, -0.05) is 34.6 Å². The lowest BCUT2D eigenvalue weighted by molar-refractivity contribution is 0.0663. The molecular formula is C14H29N. The van der Waals surface area contributed by atoms with E-state index in [-0.39, 0.29) is 0 Å². The van der Waals surface area contributed by atoms with Gasteiger partial charge in [0.1, 0.15) is 0 Å². The van der Waals surface area contributed by atoms with E-state index < -0.39 is 0 Å². The zero-order valence-electron chi connectivity index (χ0n) is 11.9. The SMILES string of the molecule is CC1CN(C(C)(C)C)CC1(C)C(C)(C)C. The molecule has 0 N–H and O–H groups in total. The summed E-state index contributed by atoms with van der Waals surface area (Å²) in [7, 11) is 0. The van der Waals surface area contributed by atoms with Gasteiger partial charge in [0, 0.05) is 18.6 Å². The fourth-order valence-corrected chi connectivity index (χ4v) is 2.64. The number of rotatable bonds is 0. The number of nitrogens with zero attached hydrogens (tertiary/aromatic N) is 1. The van der Waals surface area contributed by atoms with Gasteiger partial charge in [0.15, 0.2) is 0 Å². The van der Waals surface area contributed by atoms with Crippen molar-refractivity contribution in [2.24, 2.45) is 16.7 Å². The Kier molecular flexibility index (Phi) is 3.02. The first-order valence-corrected chi connectivity index (χ1v) is 6.23. The predicted octanol–water partition coefficient (Wildman–Crippen LogP) is 3.79. The number of hydrogen-bond acceptors (Lipinski definition) is 1. The Hall–Kier alpha value is -0.0400. The average molecular weight is 211 g/mol. The van der Waals surface area contributed by atoms with E-state index in [1.54, 1.807) is 0 Å². The summed E-state index contributed by atoms with van der Waals surface area (Å²) in [5.41, 5.74) is 1.16. The summed E-state index contributed by atoms with van der Waals surface area (Å²) in [5, 5.41) is 0. The van der Waals surface area contributed by atoms with Crippen LogP contribution in [0.2, 0.25) is 0 Å². The van der Waals surface area contributed by atoms with Crippen LogP contribution in [0.4, 0.5) is 0 Å². The maximum atomic E-state index is 2.64. The molecule has 0 aromatic rings. The van der Waals surface area contributed by atoms with Gasteiger partial charge in [-0.3, -0.25) is 4.90 Å². The third-order valence-electron chi connectivity index (χ3n) is 4.76. The summed E-state index contributed by atoms with van der Waals surface area (Å²) >= 11 is 0. The average Bonchev–Trinajstić information content (AvgIpc) is 2.27. The number of likely N-dealkylation sites (tertiary alicyclic amines) is 1. The first-order valence-electron chi connectivity index (χ1n) is 6.23. The summed E-state index contributed by atoms with van der Waals surface area (Å²) in [6.45, 7) is 21.5. The van der Waals surface area contributed by atoms with E-state index >= 15 is 0 Å². The van der Waals surface area contributed by atoms with E-state index in [2.05, 4.69) is 60.3 Å². The first kappa shape index (κ1) is 13.0. The molecule has 0 aromatic carbocycles. The molecule has 0 bridgehead atoms. The number of hydrogen-bond donors (Lipinski definition) is 0. The highest BCUT2D eigenvalue weighted by Crippen LogP contribution is 2.50. The van der Waals surface area contributed by atoms with Crippen LogP contribution in [-0.4, -0.2) is 23.5 Å². The minimum Gasteiger partial charge on any atom is -0.298 e. The standard InChI is InChI=1S/C14H29N/c1-11-9-15(13(5,6)7)10-14(11,8)12(2,3)4/h11H,9-10H2,1-8H3. The molecule has 1 saturated heterocycles. The molecule has 0 saturated carbocycles. The van der Waals surface area contributed by atoms with E-state index in [1.165, 1.54) is 13.1 Å². The van der Waals surface area contributed by atoms with Crippen molar-refractivity contribution in [2.45, 2.75) is 60.9 Å². The second-order valence-electron chi connectivity index (χ2n) is 7.62. The molecule has 1 fully saturated rings. The lowest BCUT2D eigenvalue weighted by Crippen LogP contribution is -2.43. The van der Waals surface area contributed by atoms with E-state index in [1.807, 2.05) is 0 Å². The van der Waals surface area contributed by atoms with Crippen LogP contribution in [0.25, 0.3) is 0 Å². The van der Waals surface area contributed by atoms with Gasteiger partial charge in [-0.25, -0.2) is 0 Å². The van der Waals surface area contributed by atoms with E-state index in [0.29, 0.717) is 16.4 Å². The topological polar surface area (TPSA) is 3.24 Å². The Morgan fingerprint density at radius 2 is 1.53 bits per heavy atom. The van der Waals surface area contributed by atoms with Gasteiger partial charge in [-0.15, -0.1) is 0 Å². The molecule has 15 heavy (non-hydrogen) atoms. The molecule has 1 heterocycles. The largest absolute Gasteiger partial charge is 0.298 e. The highest BCUT2D eigenvalue weighted by Gasteiger charge is 2.49. The highest BCUT2D eigenvalue weighted by atomic mass is 15.2. The molecule has 1 aliphatic rings. The van der Waals surface area contributed by atoms with Gasteiger partial charge >= 0.3 is 0 Å². The molecule has 2 unspecified atom stereocenters. The summed E-state index contributed by atoms with van der Waals surface area (Å²) in [5.74, 6) is 0.789. The van der Waals surface area contributed by atoms with Crippen LogP contribution >= 0.6 is 0 Å². The van der Waals surface area contributed by atoms with Crippen molar-refractivity contribution in [3.05, 3.63) is 0 Å². The maximum Gasteiger partial charge on any atom is 0.0125 e. The molecule has 0 aliphatic carbocycles. The minimum atomic E-state index is 0.317. The van der Waals surface area contributed by atoms with E-state index in [9.17, 15) is 0 Å². The van der Waals surface area contributed by atoms with Crippen molar-refractivity contribution >= 4 is 0 Å². The van der Waals surface area contributed by atoms with Crippen LogP contribution in [0.3, 0.4) is 0 Å². The molecule has 1 aliphatic heterocycles. The summed E-state index contributed by atoms with van der Waals surface area (Å²) in [6.07, 6.45) is 0. The lowest BCUT2D eigenvalue weighted by atomic mass is 9.63. The van der Waals surface area contributed by atoms with Crippen molar-refractivity contribution in [1.82, 2.24) is 4.90 Å².